The topological polar surface area (TPSA) is 84.7 Å². The van der Waals surface area contributed by atoms with Crippen molar-refractivity contribution in [1.82, 2.24) is 10.2 Å². The average Bonchev–Trinajstić information content (AvgIpc) is 3.00. The summed E-state index contributed by atoms with van der Waals surface area (Å²) in [5.41, 5.74) is 5.78. The highest BCUT2D eigenvalue weighted by atomic mass is 35.5. The maximum absolute atomic E-state index is 13.1. The molecule has 158 valence electrons. The average molecular weight is 424 g/mol. The molecule has 0 radical (unpaired) electrons. The number of carbonyl (C=O) groups is 2. The van der Waals surface area contributed by atoms with Gasteiger partial charge in [0.25, 0.3) is 11.8 Å². The normalized spacial score (nSPS) is 16.2. The van der Waals surface area contributed by atoms with Gasteiger partial charge in [-0.3, -0.25) is 9.59 Å². The molecule has 3 N–H and O–H groups in total. The van der Waals surface area contributed by atoms with Gasteiger partial charge < -0.3 is 20.7 Å². The van der Waals surface area contributed by atoms with Crippen molar-refractivity contribution in [3.8, 4) is 5.75 Å². The number of carbonyl (C=O) groups excluding carboxylic acids is 2. The van der Waals surface area contributed by atoms with Gasteiger partial charge in [0.05, 0.1) is 12.6 Å². The van der Waals surface area contributed by atoms with Gasteiger partial charge in [-0.1, -0.05) is 0 Å². The van der Waals surface area contributed by atoms with Crippen molar-refractivity contribution in [2.75, 3.05) is 26.2 Å². The molecule has 0 unspecified atom stereocenters. The van der Waals surface area contributed by atoms with E-state index in [0.717, 1.165) is 4.90 Å². The van der Waals surface area contributed by atoms with E-state index in [0.29, 0.717) is 31.6 Å². The highest BCUT2D eigenvalue weighted by molar-refractivity contribution is 5.85. The first-order chi connectivity index (χ1) is 12.8. The third-order valence-electron chi connectivity index (χ3n) is 4.25. The molecule has 10 heteroatoms. The molecule has 1 aliphatic heterocycles. The Bertz CT molecular complexity index is 647. The molecule has 1 aromatic rings. The number of nitrogens with zero attached hydrogens (tertiary/aromatic N) is 1. The Morgan fingerprint density at radius 2 is 1.93 bits per heavy atom. The molecule has 1 aliphatic rings. The van der Waals surface area contributed by atoms with Gasteiger partial charge in [0.2, 0.25) is 5.91 Å². The second-order valence-corrected chi connectivity index (χ2v) is 6.56. The Hall–Kier alpha value is -2.00. The number of halogens is 4. The zero-order chi connectivity index (χ0) is 19.9. The number of nitrogens with one attached hydrogen (secondary N) is 1. The molecular weight excluding hydrogens is 399 g/mol. The largest absolute Gasteiger partial charge is 0.484 e. The molecule has 1 heterocycles. The number of ether oxygens (including phenoxy) is 1. The van der Waals surface area contributed by atoms with Crippen LogP contribution >= 0.6 is 12.4 Å². The predicted octanol–water partition coefficient (Wildman–Crippen LogP) is 2.11. The molecule has 0 saturated carbocycles. The van der Waals surface area contributed by atoms with Crippen molar-refractivity contribution < 1.29 is 27.5 Å². The first-order valence-corrected chi connectivity index (χ1v) is 8.84. The highest BCUT2D eigenvalue weighted by Crippen LogP contribution is 2.27. The molecule has 0 spiro atoms. The van der Waals surface area contributed by atoms with Gasteiger partial charge in [-0.25, -0.2) is 13.2 Å². The van der Waals surface area contributed by atoms with Crippen molar-refractivity contribution >= 4 is 24.2 Å². The van der Waals surface area contributed by atoms with Crippen molar-refractivity contribution in [3.63, 3.8) is 0 Å². The molecule has 0 bridgehead atoms. The van der Waals surface area contributed by atoms with Crippen LogP contribution in [0.2, 0.25) is 0 Å². The van der Waals surface area contributed by atoms with Crippen LogP contribution < -0.4 is 15.8 Å². The minimum atomic E-state index is -2.82. The number of alkyl halides is 2. The molecule has 6 nitrogen and oxygen atoms in total. The second-order valence-electron chi connectivity index (χ2n) is 6.56. The molecule has 2 amide bonds. The molecule has 1 fully saturated rings. The Labute approximate surface area is 168 Å². The summed E-state index contributed by atoms with van der Waals surface area (Å²) in [4.78, 5) is 24.8. The van der Waals surface area contributed by atoms with Crippen LogP contribution in [0.25, 0.3) is 0 Å². The molecular formula is C18H25ClF3N3O3. The fraction of sp³-hybridized carbons (Fsp3) is 0.556. The van der Waals surface area contributed by atoms with Crippen LogP contribution in [0.3, 0.4) is 0 Å². The van der Waals surface area contributed by atoms with E-state index in [4.69, 9.17) is 10.5 Å². The van der Waals surface area contributed by atoms with E-state index >= 15 is 0 Å². The standard InChI is InChI=1S/C18H24F3N3O3.ClH/c19-13-4-6-14(7-5-13)27-11-16(25)23-9-2-1-3-15(22)17(26)24-10-8-18(20,21)12-24;/h4-7,15H,1-3,8-12,22H2,(H,23,25);1H/t15-;/m0./s1. The number of likely N-dealkylation sites (tertiary alicyclic amines) is 1. The molecule has 1 aromatic carbocycles. The summed E-state index contributed by atoms with van der Waals surface area (Å²) in [5, 5.41) is 2.66. The zero-order valence-electron chi connectivity index (χ0n) is 15.3. The lowest BCUT2D eigenvalue weighted by Gasteiger charge is -2.20. The molecule has 2 rings (SSSR count). The maximum atomic E-state index is 13.1. The predicted molar refractivity (Wildman–Crippen MR) is 100 cm³/mol. The van der Waals surface area contributed by atoms with Crippen LogP contribution in [0.1, 0.15) is 25.7 Å². The van der Waals surface area contributed by atoms with Gasteiger partial charge in [0, 0.05) is 19.5 Å². The van der Waals surface area contributed by atoms with Gasteiger partial charge >= 0.3 is 0 Å². The van der Waals surface area contributed by atoms with Gasteiger partial charge in [0.1, 0.15) is 11.6 Å². The van der Waals surface area contributed by atoms with Gasteiger partial charge in [-0.05, 0) is 43.5 Å². The van der Waals surface area contributed by atoms with Gasteiger partial charge in [-0.15, -0.1) is 12.4 Å². The summed E-state index contributed by atoms with van der Waals surface area (Å²) < 4.78 is 44.2. The summed E-state index contributed by atoms with van der Waals surface area (Å²) >= 11 is 0. The number of benzene rings is 1. The molecule has 1 atom stereocenters. The molecule has 1 saturated heterocycles. The smallest absolute Gasteiger partial charge is 0.267 e. The van der Waals surface area contributed by atoms with E-state index in [9.17, 15) is 22.8 Å². The first kappa shape index (κ1) is 24.0. The summed E-state index contributed by atoms with van der Waals surface area (Å²) in [6.07, 6.45) is 1.22. The number of rotatable bonds is 9. The van der Waals surface area contributed by atoms with Crippen molar-refractivity contribution in [2.45, 2.75) is 37.6 Å². The fourth-order valence-electron chi connectivity index (χ4n) is 2.73. The number of hydrogen-bond donors (Lipinski definition) is 2. The SMILES string of the molecule is Cl.N[C@@H](CCCCNC(=O)COc1ccc(F)cc1)C(=O)N1CCC(F)(F)C1. The molecule has 0 aliphatic carbocycles. The Kier molecular flexibility index (Phi) is 9.54. The first-order valence-electron chi connectivity index (χ1n) is 8.84. The van der Waals surface area contributed by atoms with E-state index in [1.807, 2.05) is 0 Å². The zero-order valence-corrected chi connectivity index (χ0v) is 16.2. The molecule has 28 heavy (non-hydrogen) atoms. The van der Waals surface area contributed by atoms with E-state index < -0.39 is 24.4 Å². The number of unbranched alkanes of at least 4 members (excludes halogenated alkanes) is 1. The van der Waals surface area contributed by atoms with E-state index in [-0.39, 0.29) is 43.7 Å². The third kappa shape index (κ3) is 7.93. The van der Waals surface area contributed by atoms with E-state index in [2.05, 4.69) is 5.32 Å². The minimum Gasteiger partial charge on any atom is -0.484 e. The van der Waals surface area contributed by atoms with Crippen LogP contribution in [-0.4, -0.2) is 54.9 Å². The monoisotopic (exact) mass is 423 g/mol. The second kappa shape index (κ2) is 11.1. The van der Waals surface area contributed by atoms with Crippen LogP contribution in [-0.2, 0) is 9.59 Å². The Balaban J connectivity index is 0.00000392. The maximum Gasteiger partial charge on any atom is 0.267 e. The van der Waals surface area contributed by atoms with Crippen molar-refractivity contribution in [3.05, 3.63) is 30.1 Å². The summed E-state index contributed by atoms with van der Waals surface area (Å²) in [5.74, 6) is -3.59. The number of amides is 2. The van der Waals surface area contributed by atoms with Crippen molar-refractivity contribution in [1.29, 1.82) is 0 Å². The minimum absolute atomic E-state index is 0. The summed E-state index contributed by atoms with van der Waals surface area (Å²) in [6, 6.07) is 4.52. The van der Waals surface area contributed by atoms with E-state index in [1.165, 1.54) is 24.3 Å². The van der Waals surface area contributed by atoms with Gasteiger partial charge in [0.15, 0.2) is 6.61 Å². The number of nitrogens with two attached hydrogens (primary N) is 1. The summed E-state index contributed by atoms with van der Waals surface area (Å²) in [7, 11) is 0. The highest BCUT2D eigenvalue weighted by Gasteiger charge is 2.41. The Morgan fingerprint density at radius 1 is 1.25 bits per heavy atom. The fourth-order valence-corrected chi connectivity index (χ4v) is 2.73. The van der Waals surface area contributed by atoms with Crippen LogP contribution in [0.15, 0.2) is 24.3 Å². The van der Waals surface area contributed by atoms with Crippen LogP contribution in [0, 0.1) is 5.82 Å². The number of hydrogen-bond acceptors (Lipinski definition) is 4. The van der Waals surface area contributed by atoms with Crippen LogP contribution in [0.4, 0.5) is 13.2 Å². The Morgan fingerprint density at radius 3 is 2.54 bits per heavy atom. The lowest BCUT2D eigenvalue weighted by Crippen LogP contribution is -2.43. The van der Waals surface area contributed by atoms with Gasteiger partial charge in [-0.2, -0.15) is 0 Å². The van der Waals surface area contributed by atoms with E-state index in [1.54, 1.807) is 0 Å². The van der Waals surface area contributed by atoms with Crippen molar-refractivity contribution in [2.24, 2.45) is 5.73 Å². The lowest BCUT2D eigenvalue weighted by atomic mass is 10.1. The quantitative estimate of drug-likeness (QED) is 0.596. The lowest BCUT2D eigenvalue weighted by molar-refractivity contribution is -0.133. The summed E-state index contributed by atoms with van der Waals surface area (Å²) in [6.45, 7) is -0.339. The third-order valence-corrected chi connectivity index (χ3v) is 4.25. The van der Waals surface area contributed by atoms with Crippen LogP contribution in [0.5, 0.6) is 5.75 Å². The molecule has 0 aromatic heterocycles.